The predicted molar refractivity (Wildman–Crippen MR) is 116 cm³/mol. The highest BCUT2D eigenvalue weighted by Gasteiger charge is 2.15. The van der Waals surface area contributed by atoms with Gasteiger partial charge in [0.25, 0.3) is 10.0 Å². The second-order valence-corrected chi connectivity index (χ2v) is 8.74. The lowest BCUT2D eigenvalue weighted by atomic mass is 10.3. The number of rotatable bonds is 8. The Morgan fingerprint density at radius 1 is 0.931 bits per heavy atom. The number of sulfonamides is 1. The molecule has 3 aromatic rings. The molecule has 0 radical (unpaired) electrons. The average Bonchev–Trinajstić information content (AvgIpc) is 2.73. The Balaban J connectivity index is 1.65. The van der Waals surface area contributed by atoms with Crippen LogP contribution in [-0.2, 0) is 14.8 Å². The summed E-state index contributed by atoms with van der Waals surface area (Å²) in [7, 11) is -2.25. The molecule has 0 bridgehead atoms. The van der Waals surface area contributed by atoms with E-state index in [2.05, 4.69) is 10.0 Å². The monoisotopic (exact) mass is 428 g/mol. The molecular weight excluding hydrogens is 408 g/mol. The van der Waals surface area contributed by atoms with Crippen LogP contribution in [0.4, 0.5) is 11.4 Å². The Labute approximate surface area is 174 Å². The largest absolute Gasteiger partial charge is 0.497 e. The van der Waals surface area contributed by atoms with Crippen LogP contribution in [0.3, 0.4) is 0 Å². The Bertz CT molecular complexity index is 1070. The molecule has 1 amide bonds. The van der Waals surface area contributed by atoms with E-state index in [1.165, 1.54) is 31.0 Å². The number of amides is 1. The summed E-state index contributed by atoms with van der Waals surface area (Å²) >= 11 is 1.41. The Hall–Kier alpha value is -2.97. The van der Waals surface area contributed by atoms with E-state index in [1.54, 1.807) is 36.4 Å². The van der Waals surface area contributed by atoms with Crippen molar-refractivity contribution in [2.24, 2.45) is 0 Å². The molecule has 0 saturated carbocycles. The first-order valence-electron chi connectivity index (χ1n) is 8.71. The molecule has 0 aromatic heterocycles. The molecule has 0 aliphatic rings. The van der Waals surface area contributed by atoms with E-state index >= 15 is 0 Å². The fourth-order valence-corrected chi connectivity index (χ4v) is 4.30. The van der Waals surface area contributed by atoms with Crippen molar-refractivity contribution < 1.29 is 17.9 Å². The lowest BCUT2D eigenvalue weighted by molar-refractivity contribution is -0.113. The maximum Gasteiger partial charge on any atom is 0.261 e. The summed E-state index contributed by atoms with van der Waals surface area (Å²) in [5, 5.41) is 2.74. The van der Waals surface area contributed by atoms with Crippen molar-refractivity contribution in [1.29, 1.82) is 0 Å². The second-order valence-electron chi connectivity index (χ2n) is 6.01. The van der Waals surface area contributed by atoms with Crippen LogP contribution in [-0.4, -0.2) is 27.2 Å². The first-order valence-corrected chi connectivity index (χ1v) is 11.2. The Kier molecular flexibility index (Phi) is 6.79. The highest BCUT2D eigenvalue weighted by atomic mass is 32.2. The van der Waals surface area contributed by atoms with Gasteiger partial charge in [-0.1, -0.05) is 24.3 Å². The standard InChI is InChI=1S/C21H20N2O4S2/c1-27-18-12-10-16(11-13-18)23-29(25,26)20-9-5-6-17(14-20)22-21(24)15-28-19-7-3-2-4-8-19/h2-14,23H,15H2,1H3,(H,22,24). The fourth-order valence-electron chi connectivity index (χ4n) is 2.48. The van der Waals surface area contributed by atoms with Gasteiger partial charge in [-0.25, -0.2) is 8.42 Å². The van der Waals surface area contributed by atoms with Gasteiger partial charge in [-0.2, -0.15) is 0 Å². The zero-order valence-electron chi connectivity index (χ0n) is 15.7. The number of thioether (sulfide) groups is 1. The zero-order chi connectivity index (χ0) is 20.7. The van der Waals surface area contributed by atoms with E-state index < -0.39 is 10.0 Å². The number of nitrogens with one attached hydrogen (secondary N) is 2. The van der Waals surface area contributed by atoms with Crippen molar-refractivity contribution in [3.05, 3.63) is 78.9 Å². The SMILES string of the molecule is COc1ccc(NS(=O)(=O)c2cccc(NC(=O)CSc3ccccc3)c2)cc1. The lowest BCUT2D eigenvalue weighted by Crippen LogP contribution is -2.16. The Morgan fingerprint density at radius 3 is 2.34 bits per heavy atom. The molecule has 6 nitrogen and oxygen atoms in total. The molecular formula is C21H20N2O4S2. The van der Waals surface area contributed by atoms with E-state index in [1.807, 2.05) is 30.3 Å². The van der Waals surface area contributed by atoms with Crippen LogP contribution in [0.1, 0.15) is 0 Å². The highest BCUT2D eigenvalue weighted by molar-refractivity contribution is 8.00. The lowest BCUT2D eigenvalue weighted by Gasteiger charge is -2.11. The number of hydrogen-bond donors (Lipinski definition) is 2. The maximum absolute atomic E-state index is 12.6. The molecule has 29 heavy (non-hydrogen) atoms. The minimum absolute atomic E-state index is 0.0573. The van der Waals surface area contributed by atoms with Crippen molar-refractivity contribution >= 4 is 39.1 Å². The minimum atomic E-state index is -3.79. The van der Waals surface area contributed by atoms with Crippen LogP contribution >= 0.6 is 11.8 Å². The Morgan fingerprint density at radius 2 is 1.66 bits per heavy atom. The van der Waals surface area contributed by atoms with Gasteiger partial charge in [0, 0.05) is 16.3 Å². The van der Waals surface area contributed by atoms with Gasteiger partial charge in [-0.05, 0) is 54.6 Å². The number of benzene rings is 3. The van der Waals surface area contributed by atoms with E-state index in [4.69, 9.17) is 4.74 Å². The summed E-state index contributed by atoms with van der Waals surface area (Å²) in [4.78, 5) is 13.2. The van der Waals surface area contributed by atoms with Crippen LogP contribution in [0.2, 0.25) is 0 Å². The number of anilines is 2. The molecule has 150 valence electrons. The van der Waals surface area contributed by atoms with Gasteiger partial charge in [0.15, 0.2) is 0 Å². The van der Waals surface area contributed by atoms with Crippen LogP contribution < -0.4 is 14.8 Å². The van der Waals surface area contributed by atoms with Crippen LogP contribution in [0.15, 0.2) is 88.7 Å². The number of hydrogen-bond acceptors (Lipinski definition) is 5. The quantitative estimate of drug-likeness (QED) is 0.525. The molecule has 0 aliphatic carbocycles. The molecule has 0 fully saturated rings. The predicted octanol–water partition coefficient (Wildman–Crippen LogP) is 4.23. The van der Waals surface area contributed by atoms with Crippen molar-refractivity contribution in [2.45, 2.75) is 9.79 Å². The molecule has 0 heterocycles. The fraction of sp³-hybridized carbons (Fsp3) is 0.0952. The molecule has 2 N–H and O–H groups in total. The van der Waals surface area contributed by atoms with E-state index in [0.29, 0.717) is 17.1 Å². The summed E-state index contributed by atoms with van der Waals surface area (Å²) in [6.45, 7) is 0. The van der Waals surface area contributed by atoms with Crippen LogP contribution in [0, 0.1) is 0 Å². The van der Waals surface area contributed by atoms with E-state index in [-0.39, 0.29) is 16.6 Å². The van der Waals surface area contributed by atoms with Crippen LogP contribution in [0.5, 0.6) is 5.75 Å². The number of carbonyl (C=O) groups excluding carboxylic acids is 1. The maximum atomic E-state index is 12.6. The molecule has 0 aliphatic heterocycles. The topological polar surface area (TPSA) is 84.5 Å². The van der Waals surface area contributed by atoms with E-state index in [9.17, 15) is 13.2 Å². The molecule has 3 aromatic carbocycles. The van der Waals surface area contributed by atoms with Crippen LogP contribution in [0.25, 0.3) is 0 Å². The van der Waals surface area contributed by atoms with Gasteiger partial charge in [0.05, 0.1) is 17.8 Å². The summed E-state index contributed by atoms with van der Waals surface area (Å²) in [6, 6.07) is 22.3. The third-order valence-corrected chi connectivity index (χ3v) is 6.27. The summed E-state index contributed by atoms with van der Waals surface area (Å²) in [6.07, 6.45) is 0. The molecule has 3 rings (SSSR count). The third kappa shape index (κ3) is 6.00. The zero-order valence-corrected chi connectivity index (χ0v) is 17.3. The van der Waals surface area contributed by atoms with Gasteiger partial charge >= 0.3 is 0 Å². The average molecular weight is 429 g/mol. The van der Waals surface area contributed by atoms with E-state index in [0.717, 1.165) is 4.90 Å². The summed E-state index contributed by atoms with van der Waals surface area (Å²) in [5.74, 6) is 0.646. The second kappa shape index (κ2) is 9.49. The van der Waals surface area contributed by atoms with Crippen molar-refractivity contribution in [3.8, 4) is 5.75 Å². The van der Waals surface area contributed by atoms with Gasteiger partial charge in [-0.15, -0.1) is 11.8 Å². The van der Waals surface area contributed by atoms with Crippen molar-refractivity contribution in [2.75, 3.05) is 22.9 Å². The number of ether oxygens (including phenoxy) is 1. The summed E-state index contributed by atoms with van der Waals surface area (Å²) in [5.41, 5.74) is 0.834. The smallest absolute Gasteiger partial charge is 0.261 e. The number of methoxy groups -OCH3 is 1. The number of carbonyl (C=O) groups is 1. The normalized spacial score (nSPS) is 10.9. The molecule has 0 saturated heterocycles. The first kappa shape index (κ1) is 20.8. The minimum Gasteiger partial charge on any atom is -0.497 e. The van der Waals surface area contributed by atoms with Crippen molar-refractivity contribution in [1.82, 2.24) is 0 Å². The molecule has 0 unspecified atom stereocenters. The third-order valence-electron chi connectivity index (χ3n) is 3.88. The molecule has 0 atom stereocenters. The summed E-state index contributed by atoms with van der Waals surface area (Å²) < 4.78 is 32.9. The van der Waals surface area contributed by atoms with Gasteiger partial charge in [0.2, 0.25) is 5.91 Å². The molecule has 0 spiro atoms. The van der Waals surface area contributed by atoms with Crippen molar-refractivity contribution in [3.63, 3.8) is 0 Å². The molecule has 8 heteroatoms. The van der Waals surface area contributed by atoms with Gasteiger partial charge in [-0.3, -0.25) is 9.52 Å². The van der Waals surface area contributed by atoms with Gasteiger partial charge < -0.3 is 10.1 Å². The van der Waals surface area contributed by atoms with Gasteiger partial charge in [0.1, 0.15) is 5.75 Å². The first-order chi connectivity index (χ1) is 14.0. The highest BCUT2D eigenvalue weighted by Crippen LogP contribution is 2.22.